The molecule has 60 valence electrons. The Bertz CT molecular complexity index is 99.8. The molecule has 0 aliphatic carbocycles. The summed E-state index contributed by atoms with van der Waals surface area (Å²) in [6.45, 7) is 2.08. The van der Waals surface area contributed by atoms with Crippen molar-refractivity contribution in [3.8, 4) is 0 Å². The molecule has 1 aliphatic rings. The van der Waals surface area contributed by atoms with Gasteiger partial charge in [0.15, 0.2) is 0 Å². The van der Waals surface area contributed by atoms with Crippen LogP contribution in [0.25, 0.3) is 0 Å². The number of aliphatic hydroxyl groups is 1. The van der Waals surface area contributed by atoms with E-state index in [1.54, 1.807) is 0 Å². The second-order valence-electron chi connectivity index (χ2n) is 2.88. The van der Waals surface area contributed by atoms with Crippen LogP contribution in [0.1, 0.15) is 12.8 Å². The molecule has 1 heterocycles. The Labute approximate surface area is 61.4 Å². The lowest BCUT2D eigenvalue weighted by atomic mass is 9.99. The van der Waals surface area contributed by atoms with Crippen molar-refractivity contribution in [2.24, 2.45) is 0 Å². The summed E-state index contributed by atoms with van der Waals surface area (Å²) >= 11 is 0. The third-order valence-electron chi connectivity index (χ3n) is 1.92. The van der Waals surface area contributed by atoms with E-state index in [0.717, 1.165) is 19.4 Å². The predicted octanol–water partition coefficient (Wildman–Crippen LogP) is -0.253. The normalized spacial score (nSPS) is 33.0. The molecule has 0 bridgehead atoms. The molecule has 1 aliphatic heterocycles. The van der Waals surface area contributed by atoms with E-state index in [9.17, 15) is 5.11 Å². The second-order valence-corrected chi connectivity index (χ2v) is 2.88. The van der Waals surface area contributed by atoms with E-state index in [2.05, 4.69) is 5.32 Å². The highest BCUT2D eigenvalue weighted by atomic mass is 16.5. The maximum absolute atomic E-state index is 9.66. The van der Waals surface area contributed by atoms with Crippen molar-refractivity contribution in [3.05, 3.63) is 0 Å². The zero-order valence-electron chi connectivity index (χ0n) is 6.39. The maximum atomic E-state index is 9.66. The van der Waals surface area contributed by atoms with Crippen LogP contribution in [0.2, 0.25) is 0 Å². The van der Waals surface area contributed by atoms with Gasteiger partial charge in [0.25, 0.3) is 0 Å². The van der Waals surface area contributed by atoms with E-state index in [0.29, 0.717) is 13.2 Å². The molecule has 3 heteroatoms. The standard InChI is InChI=1S/C7H15NO2/c1-8-4-2-7(9)3-5-10-6-7/h8-9H,2-6H2,1H3. The molecule has 0 aromatic rings. The summed E-state index contributed by atoms with van der Waals surface area (Å²) < 4.78 is 5.08. The molecule has 0 radical (unpaired) electrons. The Kier molecular flexibility index (Phi) is 2.65. The lowest BCUT2D eigenvalue weighted by Gasteiger charge is -2.19. The molecule has 0 spiro atoms. The number of hydrogen-bond donors (Lipinski definition) is 2. The van der Waals surface area contributed by atoms with Gasteiger partial charge in [0.2, 0.25) is 0 Å². The Hall–Kier alpha value is -0.120. The lowest BCUT2D eigenvalue weighted by Crippen LogP contribution is -2.32. The van der Waals surface area contributed by atoms with Crippen LogP contribution in [0.4, 0.5) is 0 Å². The Balaban J connectivity index is 2.22. The second kappa shape index (κ2) is 3.32. The first-order chi connectivity index (χ1) is 4.77. The van der Waals surface area contributed by atoms with E-state index in [-0.39, 0.29) is 0 Å². The molecule has 1 rings (SSSR count). The SMILES string of the molecule is CNCCC1(O)CCOC1. The van der Waals surface area contributed by atoms with E-state index < -0.39 is 5.60 Å². The summed E-state index contributed by atoms with van der Waals surface area (Å²) in [6.07, 6.45) is 1.58. The van der Waals surface area contributed by atoms with E-state index in [1.807, 2.05) is 7.05 Å². The molecule has 1 unspecified atom stereocenters. The van der Waals surface area contributed by atoms with Gasteiger partial charge in [-0.05, 0) is 20.0 Å². The number of nitrogens with one attached hydrogen (secondary N) is 1. The molecule has 3 nitrogen and oxygen atoms in total. The third-order valence-corrected chi connectivity index (χ3v) is 1.92. The van der Waals surface area contributed by atoms with Crippen LogP contribution in [0, 0.1) is 0 Å². The third kappa shape index (κ3) is 1.94. The fourth-order valence-corrected chi connectivity index (χ4v) is 1.15. The minimum Gasteiger partial charge on any atom is -0.387 e. The molecule has 0 saturated carbocycles. The fraction of sp³-hybridized carbons (Fsp3) is 1.00. The molecule has 10 heavy (non-hydrogen) atoms. The van der Waals surface area contributed by atoms with Crippen LogP contribution in [-0.4, -0.2) is 37.5 Å². The average molecular weight is 145 g/mol. The van der Waals surface area contributed by atoms with Crippen LogP contribution in [0.5, 0.6) is 0 Å². The minimum atomic E-state index is -0.539. The molecule has 0 aromatic heterocycles. The van der Waals surface area contributed by atoms with Crippen molar-refractivity contribution in [1.82, 2.24) is 5.32 Å². The summed E-state index contributed by atoms with van der Waals surface area (Å²) in [4.78, 5) is 0. The summed E-state index contributed by atoms with van der Waals surface area (Å²) in [7, 11) is 1.89. The Morgan fingerprint density at radius 3 is 3.00 bits per heavy atom. The number of hydrogen-bond acceptors (Lipinski definition) is 3. The quantitative estimate of drug-likeness (QED) is 0.575. The molecule has 1 fully saturated rings. The van der Waals surface area contributed by atoms with Crippen LogP contribution in [0.15, 0.2) is 0 Å². The summed E-state index contributed by atoms with van der Waals surface area (Å²) in [5, 5.41) is 12.7. The zero-order valence-corrected chi connectivity index (χ0v) is 6.39. The van der Waals surface area contributed by atoms with E-state index in [4.69, 9.17) is 4.74 Å². The molecule has 1 atom stereocenters. The van der Waals surface area contributed by atoms with Crippen molar-refractivity contribution in [2.45, 2.75) is 18.4 Å². The minimum absolute atomic E-state index is 0.509. The average Bonchev–Trinajstić information content (AvgIpc) is 2.33. The molecule has 2 N–H and O–H groups in total. The summed E-state index contributed by atoms with van der Waals surface area (Å²) in [5.74, 6) is 0. The first kappa shape index (κ1) is 7.98. The summed E-state index contributed by atoms with van der Waals surface area (Å²) in [6, 6.07) is 0. The molecular weight excluding hydrogens is 130 g/mol. The number of rotatable bonds is 3. The first-order valence-corrected chi connectivity index (χ1v) is 3.72. The highest BCUT2D eigenvalue weighted by Gasteiger charge is 2.30. The number of ether oxygens (including phenoxy) is 1. The van der Waals surface area contributed by atoms with Gasteiger partial charge in [-0.1, -0.05) is 0 Å². The largest absolute Gasteiger partial charge is 0.387 e. The topological polar surface area (TPSA) is 41.5 Å². The molecule has 0 aromatic carbocycles. The lowest BCUT2D eigenvalue weighted by molar-refractivity contribution is 0.0200. The van der Waals surface area contributed by atoms with Gasteiger partial charge >= 0.3 is 0 Å². The zero-order chi connectivity index (χ0) is 7.45. The molecule has 1 saturated heterocycles. The van der Waals surface area contributed by atoms with Gasteiger partial charge in [0.1, 0.15) is 0 Å². The van der Waals surface area contributed by atoms with Crippen LogP contribution in [-0.2, 0) is 4.74 Å². The Morgan fingerprint density at radius 1 is 1.70 bits per heavy atom. The highest BCUT2D eigenvalue weighted by Crippen LogP contribution is 2.21. The fourth-order valence-electron chi connectivity index (χ4n) is 1.15. The van der Waals surface area contributed by atoms with Crippen molar-refractivity contribution < 1.29 is 9.84 Å². The van der Waals surface area contributed by atoms with Crippen LogP contribution < -0.4 is 5.32 Å². The van der Waals surface area contributed by atoms with E-state index >= 15 is 0 Å². The van der Waals surface area contributed by atoms with Gasteiger partial charge < -0.3 is 15.2 Å². The molecular formula is C7H15NO2. The van der Waals surface area contributed by atoms with Gasteiger partial charge in [-0.15, -0.1) is 0 Å². The van der Waals surface area contributed by atoms with Crippen molar-refractivity contribution in [3.63, 3.8) is 0 Å². The summed E-state index contributed by atoms with van der Waals surface area (Å²) in [5.41, 5.74) is -0.539. The van der Waals surface area contributed by atoms with Crippen molar-refractivity contribution in [1.29, 1.82) is 0 Å². The van der Waals surface area contributed by atoms with Gasteiger partial charge in [-0.3, -0.25) is 0 Å². The van der Waals surface area contributed by atoms with Gasteiger partial charge in [0.05, 0.1) is 12.2 Å². The maximum Gasteiger partial charge on any atom is 0.0914 e. The van der Waals surface area contributed by atoms with Gasteiger partial charge in [-0.25, -0.2) is 0 Å². The van der Waals surface area contributed by atoms with Crippen LogP contribution in [0.3, 0.4) is 0 Å². The first-order valence-electron chi connectivity index (χ1n) is 3.72. The van der Waals surface area contributed by atoms with Gasteiger partial charge in [-0.2, -0.15) is 0 Å². The Morgan fingerprint density at radius 2 is 2.50 bits per heavy atom. The van der Waals surface area contributed by atoms with Gasteiger partial charge in [0, 0.05) is 13.0 Å². The van der Waals surface area contributed by atoms with Crippen molar-refractivity contribution >= 4 is 0 Å². The molecule has 0 amide bonds. The van der Waals surface area contributed by atoms with Crippen LogP contribution >= 0.6 is 0 Å². The monoisotopic (exact) mass is 145 g/mol. The predicted molar refractivity (Wildman–Crippen MR) is 38.9 cm³/mol. The highest BCUT2D eigenvalue weighted by molar-refractivity contribution is 4.82. The van der Waals surface area contributed by atoms with Crippen molar-refractivity contribution in [2.75, 3.05) is 26.8 Å². The smallest absolute Gasteiger partial charge is 0.0914 e. The van der Waals surface area contributed by atoms with E-state index in [1.165, 1.54) is 0 Å².